The van der Waals surface area contributed by atoms with Gasteiger partial charge in [0.05, 0.1) is 27.5 Å². The third-order valence-corrected chi connectivity index (χ3v) is 10.3. The monoisotopic (exact) mass is 624 g/mol. The highest BCUT2D eigenvalue weighted by Crippen LogP contribution is 2.47. The fourth-order valence-corrected chi connectivity index (χ4v) is 8.20. The van der Waals surface area contributed by atoms with Crippen LogP contribution in [-0.4, -0.2) is 9.13 Å². The first-order valence-corrected chi connectivity index (χ1v) is 16.8. The van der Waals surface area contributed by atoms with Crippen molar-refractivity contribution in [3.8, 4) is 22.5 Å². The van der Waals surface area contributed by atoms with Crippen LogP contribution in [0, 0.1) is 0 Å². The predicted molar refractivity (Wildman–Crippen MR) is 205 cm³/mol. The van der Waals surface area contributed by atoms with Crippen molar-refractivity contribution in [1.29, 1.82) is 0 Å². The minimum absolute atomic E-state index is 0.910. The molecule has 11 aromatic rings. The average molecular weight is 625 g/mol. The largest absolute Gasteiger partial charge is 0.455 e. The van der Waals surface area contributed by atoms with Gasteiger partial charge in [-0.2, -0.15) is 0 Å². The maximum atomic E-state index is 6.69. The van der Waals surface area contributed by atoms with E-state index < -0.39 is 0 Å². The van der Waals surface area contributed by atoms with Crippen LogP contribution in [0.15, 0.2) is 174 Å². The molecule has 0 saturated carbocycles. The van der Waals surface area contributed by atoms with E-state index in [1.165, 1.54) is 54.6 Å². The van der Waals surface area contributed by atoms with E-state index in [1.54, 1.807) is 0 Å². The topological polar surface area (TPSA) is 23.0 Å². The van der Waals surface area contributed by atoms with Crippen LogP contribution in [0.5, 0.6) is 0 Å². The minimum atomic E-state index is 0.910. The quantitative estimate of drug-likeness (QED) is 0.192. The van der Waals surface area contributed by atoms with E-state index in [-0.39, 0.29) is 0 Å². The SMILES string of the molecule is c1ccc(-n2c3ccc4c5c6oc7ccccc7c6ccc5n(-c5ccccc5)c4c3c3cccc(-c4ccc5ccccc5c4)c32)cc1. The third kappa shape index (κ3) is 3.67. The van der Waals surface area contributed by atoms with Gasteiger partial charge in [0.15, 0.2) is 0 Å². The van der Waals surface area contributed by atoms with Gasteiger partial charge < -0.3 is 13.6 Å². The van der Waals surface area contributed by atoms with Crippen molar-refractivity contribution in [2.75, 3.05) is 0 Å². The van der Waals surface area contributed by atoms with Gasteiger partial charge in [-0.1, -0.05) is 109 Å². The van der Waals surface area contributed by atoms with E-state index in [1.807, 2.05) is 6.07 Å². The average Bonchev–Trinajstić information content (AvgIpc) is 3.83. The summed E-state index contributed by atoms with van der Waals surface area (Å²) in [7, 11) is 0. The van der Waals surface area contributed by atoms with Gasteiger partial charge in [0, 0.05) is 43.9 Å². The number of aromatic nitrogens is 2. The highest BCUT2D eigenvalue weighted by Gasteiger charge is 2.24. The summed E-state index contributed by atoms with van der Waals surface area (Å²) in [5, 5.41) is 9.52. The lowest BCUT2D eigenvalue weighted by molar-refractivity contribution is 0.673. The summed E-state index contributed by atoms with van der Waals surface area (Å²) in [5.74, 6) is 0. The lowest BCUT2D eigenvalue weighted by Crippen LogP contribution is -1.96. The van der Waals surface area contributed by atoms with E-state index in [0.29, 0.717) is 0 Å². The number of hydrogen-bond donors (Lipinski definition) is 0. The molecule has 3 nitrogen and oxygen atoms in total. The fourth-order valence-electron chi connectivity index (χ4n) is 8.20. The van der Waals surface area contributed by atoms with E-state index in [4.69, 9.17) is 4.42 Å². The number of benzene rings is 8. The van der Waals surface area contributed by atoms with Crippen LogP contribution in [0.2, 0.25) is 0 Å². The van der Waals surface area contributed by atoms with Crippen molar-refractivity contribution >= 4 is 76.3 Å². The Labute approximate surface area is 281 Å². The Morgan fingerprint density at radius 3 is 1.80 bits per heavy atom. The number of para-hydroxylation sites is 4. The Kier molecular flexibility index (Phi) is 5.38. The van der Waals surface area contributed by atoms with Gasteiger partial charge in [0.1, 0.15) is 11.2 Å². The molecule has 8 aromatic carbocycles. The van der Waals surface area contributed by atoms with Crippen molar-refractivity contribution in [1.82, 2.24) is 9.13 Å². The van der Waals surface area contributed by atoms with Gasteiger partial charge in [-0.15, -0.1) is 0 Å². The van der Waals surface area contributed by atoms with Gasteiger partial charge in [-0.05, 0) is 77.0 Å². The molecule has 0 atom stereocenters. The highest BCUT2D eigenvalue weighted by molar-refractivity contribution is 6.31. The lowest BCUT2D eigenvalue weighted by Gasteiger charge is -2.12. The second kappa shape index (κ2) is 9.96. The van der Waals surface area contributed by atoms with Crippen LogP contribution in [0.3, 0.4) is 0 Å². The molecule has 3 aromatic heterocycles. The smallest absolute Gasteiger partial charge is 0.145 e. The zero-order valence-electron chi connectivity index (χ0n) is 26.5. The van der Waals surface area contributed by atoms with E-state index in [0.717, 1.165) is 44.2 Å². The number of hydrogen-bond acceptors (Lipinski definition) is 1. The van der Waals surface area contributed by atoms with Crippen LogP contribution in [0.25, 0.3) is 98.8 Å². The molecule has 0 aliphatic rings. The Hall–Kier alpha value is -6.58. The van der Waals surface area contributed by atoms with Gasteiger partial charge in [-0.3, -0.25) is 0 Å². The zero-order valence-corrected chi connectivity index (χ0v) is 26.5. The minimum Gasteiger partial charge on any atom is -0.455 e. The first-order valence-electron chi connectivity index (χ1n) is 16.8. The molecule has 0 unspecified atom stereocenters. The number of fused-ring (bicyclic) bond motifs is 12. The molecule has 0 radical (unpaired) electrons. The maximum absolute atomic E-state index is 6.69. The molecule has 49 heavy (non-hydrogen) atoms. The molecule has 0 amide bonds. The zero-order chi connectivity index (χ0) is 32.1. The summed E-state index contributed by atoms with van der Waals surface area (Å²) in [5.41, 5.74) is 11.2. The molecular formula is C46H28N2O. The second-order valence-electron chi connectivity index (χ2n) is 12.9. The molecule has 0 aliphatic carbocycles. The Morgan fingerprint density at radius 2 is 1.00 bits per heavy atom. The summed E-state index contributed by atoms with van der Waals surface area (Å²) in [6.45, 7) is 0. The number of furan rings is 1. The summed E-state index contributed by atoms with van der Waals surface area (Å²) in [6, 6.07) is 61.2. The number of rotatable bonds is 3. The molecule has 0 bridgehead atoms. The van der Waals surface area contributed by atoms with Crippen molar-refractivity contribution in [3.05, 3.63) is 170 Å². The van der Waals surface area contributed by atoms with Crippen LogP contribution >= 0.6 is 0 Å². The van der Waals surface area contributed by atoms with Crippen molar-refractivity contribution < 1.29 is 4.42 Å². The van der Waals surface area contributed by atoms with Gasteiger partial charge in [0.2, 0.25) is 0 Å². The van der Waals surface area contributed by atoms with Crippen LogP contribution in [0.1, 0.15) is 0 Å². The standard InChI is InChI=1S/C46H28N2O/c1-3-14-32(15-4-1)47-39-27-25-38-43-40(26-24-36-35-18-9-10-21-41(35)49-46(36)43)48(33-16-5-2-6-17-33)45(38)42(39)37-20-11-19-34(44(37)47)31-23-22-29-12-7-8-13-30(29)28-31/h1-28H. The Morgan fingerprint density at radius 1 is 0.388 bits per heavy atom. The Bertz CT molecular complexity index is 3090. The second-order valence-corrected chi connectivity index (χ2v) is 12.9. The van der Waals surface area contributed by atoms with Gasteiger partial charge >= 0.3 is 0 Å². The highest BCUT2D eigenvalue weighted by atomic mass is 16.3. The molecule has 0 fully saturated rings. The fraction of sp³-hybridized carbons (Fsp3) is 0. The predicted octanol–water partition coefficient (Wildman–Crippen LogP) is 12.6. The van der Waals surface area contributed by atoms with Crippen LogP contribution in [-0.2, 0) is 0 Å². The molecule has 3 heterocycles. The van der Waals surface area contributed by atoms with E-state index in [2.05, 4.69) is 173 Å². The molecule has 11 rings (SSSR count). The first kappa shape index (κ1) is 26.5. The van der Waals surface area contributed by atoms with Crippen molar-refractivity contribution in [2.45, 2.75) is 0 Å². The number of nitrogens with zero attached hydrogens (tertiary/aromatic N) is 2. The summed E-state index contributed by atoms with van der Waals surface area (Å²) >= 11 is 0. The molecule has 0 saturated heterocycles. The third-order valence-electron chi connectivity index (χ3n) is 10.3. The molecule has 0 spiro atoms. The van der Waals surface area contributed by atoms with Gasteiger partial charge in [-0.25, -0.2) is 0 Å². The Balaban J connectivity index is 1.36. The van der Waals surface area contributed by atoms with Crippen molar-refractivity contribution in [2.24, 2.45) is 0 Å². The maximum Gasteiger partial charge on any atom is 0.145 e. The molecule has 228 valence electrons. The summed E-state index contributed by atoms with van der Waals surface area (Å²) in [4.78, 5) is 0. The molecule has 3 heteroatoms. The summed E-state index contributed by atoms with van der Waals surface area (Å²) in [6.07, 6.45) is 0. The normalized spacial score (nSPS) is 12.1. The summed E-state index contributed by atoms with van der Waals surface area (Å²) < 4.78 is 11.6. The molecule has 0 aliphatic heterocycles. The lowest BCUT2D eigenvalue weighted by atomic mass is 9.98. The first-order chi connectivity index (χ1) is 24.3. The molecular weight excluding hydrogens is 597 g/mol. The van der Waals surface area contributed by atoms with Crippen LogP contribution in [0.4, 0.5) is 0 Å². The molecule has 0 N–H and O–H groups in total. The van der Waals surface area contributed by atoms with E-state index >= 15 is 0 Å². The van der Waals surface area contributed by atoms with Crippen LogP contribution < -0.4 is 0 Å². The van der Waals surface area contributed by atoms with E-state index in [9.17, 15) is 0 Å². The van der Waals surface area contributed by atoms with Crippen molar-refractivity contribution in [3.63, 3.8) is 0 Å². The van der Waals surface area contributed by atoms with Gasteiger partial charge in [0.25, 0.3) is 0 Å².